The van der Waals surface area contributed by atoms with Crippen molar-refractivity contribution in [1.82, 2.24) is 16.0 Å². The number of amides is 1. The van der Waals surface area contributed by atoms with Crippen LogP contribution in [0.2, 0.25) is 0 Å². The van der Waals surface area contributed by atoms with E-state index in [1.165, 1.54) is 11.1 Å². The predicted molar refractivity (Wildman–Crippen MR) is 96.9 cm³/mol. The predicted octanol–water partition coefficient (Wildman–Crippen LogP) is 2.18. The van der Waals surface area contributed by atoms with E-state index < -0.39 is 0 Å². The van der Waals surface area contributed by atoms with Gasteiger partial charge in [0.05, 0.1) is 0 Å². The van der Waals surface area contributed by atoms with Crippen molar-refractivity contribution in [3.05, 3.63) is 35.4 Å². The first-order valence-corrected chi connectivity index (χ1v) is 8.42. The molecule has 0 fully saturated rings. The number of guanidine groups is 1. The summed E-state index contributed by atoms with van der Waals surface area (Å²) in [5.41, 5.74) is 2.56. The average molecular weight is 318 g/mol. The van der Waals surface area contributed by atoms with E-state index >= 15 is 0 Å². The summed E-state index contributed by atoms with van der Waals surface area (Å²) in [6, 6.07) is 8.57. The van der Waals surface area contributed by atoms with E-state index in [0.717, 1.165) is 19.5 Å². The number of carbonyl (C=O) groups excluding carboxylic acids is 1. The molecule has 0 saturated carbocycles. The lowest BCUT2D eigenvalue weighted by Gasteiger charge is -2.16. The van der Waals surface area contributed by atoms with E-state index in [4.69, 9.17) is 0 Å². The maximum atomic E-state index is 11.6. The van der Waals surface area contributed by atoms with Gasteiger partial charge in [0.2, 0.25) is 5.91 Å². The van der Waals surface area contributed by atoms with Crippen molar-refractivity contribution in [2.24, 2.45) is 4.99 Å². The fourth-order valence-corrected chi connectivity index (χ4v) is 2.08. The lowest BCUT2D eigenvalue weighted by Crippen LogP contribution is -2.40. The minimum Gasteiger partial charge on any atom is -0.357 e. The third-order valence-electron chi connectivity index (χ3n) is 3.52. The normalized spacial score (nSPS) is 12.6. The summed E-state index contributed by atoms with van der Waals surface area (Å²) in [6.07, 6.45) is 0.932. The van der Waals surface area contributed by atoms with Crippen molar-refractivity contribution in [2.75, 3.05) is 26.2 Å². The van der Waals surface area contributed by atoms with E-state index in [-0.39, 0.29) is 12.5 Å². The molecule has 0 spiro atoms. The Morgan fingerprint density at radius 3 is 2.43 bits per heavy atom. The molecule has 5 nitrogen and oxygen atoms in total. The van der Waals surface area contributed by atoms with Gasteiger partial charge in [-0.15, -0.1) is 0 Å². The van der Waals surface area contributed by atoms with Crippen molar-refractivity contribution in [2.45, 2.75) is 40.0 Å². The van der Waals surface area contributed by atoms with E-state index in [9.17, 15) is 4.79 Å². The van der Waals surface area contributed by atoms with Crippen LogP contribution in [-0.4, -0.2) is 38.0 Å². The van der Waals surface area contributed by atoms with Gasteiger partial charge >= 0.3 is 0 Å². The fourth-order valence-electron chi connectivity index (χ4n) is 2.08. The topological polar surface area (TPSA) is 65.5 Å². The van der Waals surface area contributed by atoms with Crippen molar-refractivity contribution in [3.63, 3.8) is 0 Å². The Hall–Kier alpha value is -2.04. The molecule has 0 aliphatic rings. The lowest BCUT2D eigenvalue weighted by atomic mass is 10.0. The summed E-state index contributed by atoms with van der Waals surface area (Å²) in [5, 5.41) is 9.30. The molecule has 5 heteroatoms. The molecule has 128 valence electrons. The Morgan fingerprint density at radius 2 is 1.83 bits per heavy atom. The Balaban J connectivity index is 2.51. The second-order valence-electron chi connectivity index (χ2n) is 5.74. The molecule has 0 aliphatic heterocycles. The molecule has 0 heterocycles. The molecule has 0 saturated heterocycles. The maximum absolute atomic E-state index is 11.6. The van der Waals surface area contributed by atoms with Gasteiger partial charge in [0.25, 0.3) is 0 Å². The fraction of sp³-hybridized carbons (Fsp3) is 0.556. The quantitative estimate of drug-likeness (QED) is 0.508. The van der Waals surface area contributed by atoms with E-state index in [0.29, 0.717) is 18.4 Å². The van der Waals surface area contributed by atoms with Gasteiger partial charge in [-0.3, -0.25) is 4.79 Å². The summed E-state index contributed by atoms with van der Waals surface area (Å²) < 4.78 is 0. The first-order chi connectivity index (χ1) is 11.1. The third kappa shape index (κ3) is 7.68. The third-order valence-corrected chi connectivity index (χ3v) is 3.52. The van der Waals surface area contributed by atoms with Crippen LogP contribution in [0.5, 0.6) is 0 Å². The first-order valence-electron chi connectivity index (χ1n) is 8.42. The number of aryl methyl sites for hydroxylation is 1. The van der Waals surface area contributed by atoms with Gasteiger partial charge < -0.3 is 16.0 Å². The summed E-state index contributed by atoms with van der Waals surface area (Å²) in [6.45, 7) is 10.7. The summed E-state index contributed by atoms with van der Waals surface area (Å²) in [4.78, 5) is 16.0. The number of benzene rings is 1. The summed E-state index contributed by atoms with van der Waals surface area (Å²) >= 11 is 0. The number of aliphatic imine (C=N–C) groups is 1. The van der Waals surface area contributed by atoms with Crippen molar-refractivity contribution in [3.8, 4) is 0 Å². The zero-order valence-corrected chi connectivity index (χ0v) is 14.8. The van der Waals surface area contributed by atoms with Crippen LogP contribution in [0.4, 0.5) is 0 Å². The van der Waals surface area contributed by atoms with Crippen LogP contribution in [-0.2, 0) is 4.79 Å². The van der Waals surface area contributed by atoms with Gasteiger partial charge in [-0.25, -0.2) is 4.99 Å². The van der Waals surface area contributed by atoms with Gasteiger partial charge in [0.1, 0.15) is 6.54 Å². The minimum absolute atomic E-state index is 0.0457. The second kappa shape index (κ2) is 10.6. The Labute approximate surface area is 140 Å². The SMILES string of the molecule is CCCNC(=O)CN=C(NCC)NCC(C)c1ccc(C)cc1. The molecular weight excluding hydrogens is 288 g/mol. The van der Waals surface area contributed by atoms with Gasteiger partial charge in [0.15, 0.2) is 5.96 Å². The van der Waals surface area contributed by atoms with Crippen molar-refractivity contribution < 1.29 is 4.79 Å². The highest BCUT2D eigenvalue weighted by atomic mass is 16.1. The highest BCUT2D eigenvalue weighted by molar-refractivity contribution is 5.84. The summed E-state index contributed by atoms with van der Waals surface area (Å²) in [5.74, 6) is 1.00. The Morgan fingerprint density at radius 1 is 1.13 bits per heavy atom. The highest BCUT2D eigenvalue weighted by Crippen LogP contribution is 2.14. The highest BCUT2D eigenvalue weighted by Gasteiger charge is 2.07. The van der Waals surface area contributed by atoms with Crippen LogP contribution < -0.4 is 16.0 Å². The van der Waals surface area contributed by atoms with Crippen LogP contribution >= 0.6 is 0 Å². The number of carbonyl (C=O) groups is 1. The number of nitrogens with zero attached hydrogens (tertiary/aromatic N) is 1. The molecule has 1 aromatic carbocycles. The minimum atomic E-state index is -0.0457. The number of hydrogen-bond donors (Lipinski definition) is 3. The van der Waals surface area contributed by atoms with Crippen LogP contribution in [0.15, 0.2) is 29.3 Å². The van der Waals surface area contributed by atoms with Crippen LogP contribution in [0, 0.1) is 6.92 Å². The van der Waals surface area contributed by atoms with E-state index in [1.807, 2.05) is 13.8 Å². The van der Waals surface area contributed by atoms with Gasteiger partial charge in [-0.2, -0.15) is 0 Å². The average Bonchev–Trinajstić information content (AvgIpc) is 2.55. The second-order valence-corrected chi connectivity index (χ2v) is 5.74. The molecule has 1 amide bonds. The van der Waals surface area contributed by atoms with E-state index in [2.05, 4.69) is 59.1 Å². The molecule has 0 bridgehead atoms. The van der Waals surface area contributed by atoms with Gasteiger partial charge in [-0.05, 0) is 31.7 Å². The van der Waals surface area contributed by atoms with Crippen LogP contribution in [0.25, 0.3) is 0 Å². The monoisotopic (exact) mass is 318 g/mol. The number of rotatable bonds is 8. The van der Waals surface area contributed by atoms with Crippen LogP contribution in [0.3, 0.4) is 0 Å². The zero-order valence-electron chi connectivity index (χ0n) is 14.8. The molecule has 1 atom stereocenters. The molecule has 0 radical (unpaired) electrons. The Kier molecular flexibility index (Phi) is 8.80. The molecule has 1 unspecified atom stereocenters. The smallest absolute Gasteiger partial charge is 0.241 e. The largest absolute Gasteiger partial charge is 0.357 e. The molecule has 0 aromatic heterocycles. The molecule has 1 rings (SSSR count). The molecule has 0 aliphatic carbocycles. The van der Waals surface area contributed by atoms with Crippen molar-refractivity contribution in [1.29, 1.82) is 0 Å². The number of nitrogens with one attached hydrogen (secondary N) is 3. The molecular formula is C18H30N4O. The van der Waals surface area contributed by atoms with Crippen LogP contribution in [0.1, 0.15) is 44.2 Å². The Bertz CT molecular complexity index is 496. The molecule has 23 heavy (non-hydrogen) atoms. The summed E-state index contributed by atoms with van der Waals surface area (Å²) in [7, 11) is 0. The lowest BCUT2D eigenvalue weighted by molar-refractivity contribution is -0.119. The van der Waals surface area contributed by atoms with Crippen molar-refractivity contribution >= 4 is 11.9 Å². The maximum Gasteiger partial charge on any atom is 0.241 e. The van der Waals surface area contributed by atoms with E-state index in [1.54, 1.807) is 0 Å². The first kappa shape index (κ1) is 19.0. The molecule has 1 aromatic rings. The standard InChI is InChI=1S/C18H30N4O/c1-5-11-20-17(23)13-22-18(19-6-2)21-12-15(4)16-9-7-14(3)8-10-16/h7-10,15H,5-6,11-13H2,1-4H3,(H,20,23)(H2,19,21,22). The number of hydrogen-bond acceptors (Lipinski definition) is 2. The van der Waals surface area contributed by atoms with Gasteiger partial charge in [-0.1, -0.05) is 43.7 Å². The molecule has 3 N–H and O–H groups in total. The van der Waals surface area contributed by atoms with Gasteiger partial charge in [0, 0.05) is 19.6 Å². The zero-order chi connectivity index (χ0) is 17.1.